The zero-order valence-electron chi connectivity index (χ0n) is 16.5. The third-order valence-corrected chi connectivity index (χ3v) is 4.66. The lowest BCUT2D eigenvalue weighted by Gasteiger charge is -2.21. The summed E-state index contributed by atoms with van der Waals surface area (Å²) in [7, 11) is 0. The van der Waals surface area contributed by atoms with Gasteiger partial charge in [0.05, 0.1) is 6.04 Å². The lowest BCUT2D eigenvalue weighted by atomic mass is 10.0. The molecule has 1 N–H and O–H groups in total. The highest BCUT2D eigenvalue weighted by Crippen LogP contribution is 2.25. The molecule has 4 rings (SSSR count). The minimum atomic E-state index is -0.282. The Kier molecular flexibility index (Phi) is 5.42. The van der Waals surface area contributed by atoms with Crippen LogP contribution < -0.4 is 5.32 Å². The summed E-state index contributed by atoms with van der Waals surface area (Å²) in [6.07, 6.45) is 9.15. The Labute approximate surface area is 169 Å². The number of rotatable bonds is 3. The van der Waals surface area contributed by atoms with Crippen molar-refractivity contribution in [3.8, 4) is 0 Å². The number of aliphatic imine (C=N–C) groups is 2. The maximum Gasteiger partial charge on any atom is 0.261 e. The minimum absolute atomic E-state index is 0.265. The zero-order chi connectivity index (χ0) is 20.2. The Balaban J connectivity index is 1.78. The first-order valence-electron chi connectivity index (χ1n) is 9.65. The average Bonchev–Trinajstić information content (AvgIpc) is 3.54. The molecule has 1 saturated carbocycles. The topological polar surface area (TPSA) is 49.2 Å². The van der Waals surface area contributed by atoms with Crippen LogP contribution in [0.1, 0.15) is 29.5 Å². The molecule has 0 saturated heterocycles. The van der Waals surface area contributed by atoms with Crippen LogP contribution in [0.3, 0.4) is 0 Å². The van der Waals surface area contributed by atoms with Crippen molar-refractivity contribution in [1.29, 1.82) is 0 Å². The number of nitrogens with one attached hydrogen (secondary N) is 1. The number of allylic oxidation sites excluding steroid dienone is 2. The third-order valence-electron chi connectivity index (χ3n) is 4.66. The van der Waals surface area contributed by atoms with Crippen LogP contribution in [0.15, 0.2) is 77.1 Å². The van der Waals surface area contributed by atoms with Crippen LogP contribution in [-0.4, -0.2) is 22.9 Å². The van der Waals surface area contributed by atoms with E-state index in [1.54, 1.807) is 35.7 Å². The standard InChI is InChI=1S/C23H23FN4O/c1-16-6-5-7-17(2)21(16)22(25-19-10-8-18(24)9-11-19)27-23(26-20-12-13-20)28-14-3-4-15-29-28/h3-11,14-15,20H,12-13H2,1-2H3,(H,25,26,27). The number of hydrogen-bond donors (Lipinski definition) is 1. The second-order valence-corrected chi connectivity index (χ2v) is 7.12. The van der Waals surface area contributed by atoms with Crippen LogP contribution in [0.25, 0.3) is 0 Å². The first-order chi connectivity index (χ1) is 14.1. The van der Waals surface area contributed by atoms with Gasteiger partial charge in [-0.15, -0.1) is 5.06 Å². The van der Waals surface area contributed by atoms with Crippen molar-refractivity contribution in [3.05, 3.63) is 89.6 Å². The predicted octanol–water partition coefficient (Wildman–Crippen LogP) is 5.09. The molecule has 2 aliphatic rings. The second-order valence-electron chi connectivity index (χ2n) is 7.12. The summed E-state index contributed by atoms with van der Waals surface area (Å²) in [4.78, 5) is 15.2. The number of hydrogen-bond acceptors (Lipinski definition) is 2. The Bertz CT molecular complexity index is 984. The Morgan fingerprint density at radius 3 is 2.41 bits per heavy atom. The Morgan fingerprint density at radius 1 is 1.07 bits per heavy atom. The summed E-state index contributed by atoms with van der Waals surface area (Å²) >= 11 is 0. The van der Waals surface area contributed by atoms with Crippen LogP contribution in [-0.2, 0) is 4.84 Å². The fraction of sp³-hybridized carbons (Fsp3) is 0.217. The van der Waals surface area contributed by atoms with Gasteiger partial charge in [-0.2, -0.15) is 4.99 Å². The van der Waals surface area contributed by atoms with Crippen LogP contribution in [0.2, 0.25) is 0 Å². The normalized spacial score (nSPS) is 16.7. The molecule has 1 fully saturated rings. The van der Waals surface area contributed by atoms with E-state index >= 15 is 0 Å². The van der Waals surface area contributed by atoms with Gasteiger partial charge in [-0.25, -0.2) is 9.38 Å². The van der Waals surface area contributed by atoms with E-state index in [0.717, 1.165) is 35.2 Å². The predicted molar refractivity (Wildman–Crippen MR) is 114 cm³/mol. The largest absolute Gasteiger partial charge is 0.380 e. The molecule has 2 aromatic rings. The number of aryl methyl sites for hydroxylation is 2. The van der Waals surface area contributed by atoms with Crippen LogP contribution in [0.4, 0.5) is 10.1 Å². The molecule has 0 aromatic heterocycles. The zero-order valence-corrected chi connectivity index (χ0v) is 16.5. The van der Waals surface area contributed by atoms with Gasteiger partial charge in [0, 0.05) is 17.5 Å². The number of hydroxylamine groups is 2. The monoisotopic (exact) mass is 390 g/mol. The maximum absolute atomic E-state index is 13.4. The summed E-state index contributed by atoms with van der Waals surface area (Å²) in [5.74, 6) is 0.828. The summed E-state index contributed by atoms with van der Waals surface area (Å²) in [5.41, 5.74) is 3.89. The van der Waals surface area contributed by atoms with Crippen molar-refractivity contribution in [2.24, 2.45) is 9.98 Å². The van der Waals surface area contributed by atoms with Crippen molar-refractivity contribution in [2.75, 3.05) is 5.32 Å². The summed E-state index contributed by atoms with van der Waals surface area (Å²) in [5, 5.41) is 4.90. The number of nitrogens with zero attached hydrogens (tertiary/aromatic N) is 3. The lowest BCUT2D eigenvalue weighted by molar-refractivity contribution is 0.0105. The van der Waals surface area contributed by atoms with Crippen LogP contribution in [0, 0.1) is 19.7 Å². The smallest absolute Gasteiger partial charge is 0.261 e. The molecule has 2 aromatic carbocycles. The molecule has 5 nitrogen and oxygen atoms in total. The van der Waals surface area contributed by atoms with Gasteiger partial charge < -0.3 is 10.2 Å². The molecule has 1 aliphatic carbocycles. The van der Waals surface area contributed by atoms with E-state index in [1.807, 2.05) is 38.1 Å². The van der Waals surface area contributed by atoms with Crippen molar-refractivity contribution in [3.63, 3.8) is 0 Å². The molecule has 1 heterocycles. The SMILES string of the molecule is Cc1cccc(C)c1/C(=N/C(=NC1CC1)N1C=CC=CO1)Nc1ccc(F)cc1. The molecule has 1 aliphatic heterocycles. The molecule has 0 amide bonds. The van der Waals surface area contributed by atoms with E-state index in [-0.39, 0.29) is 11.9 Å². The maximum atomic E-state index is 13.4. The first-order valence-corrected chi connectivity index (χ1v) is 9.65. The number of benzene rings is 2. The van der Waals surface area contributed by atoms with Crippen LogP contribution >= 0.6 is 0 Å². The molecule has 0 bridgehead atoms. The van der Waals surface area contributed by atoms with Gasteiger partial charge >= 0.3 is 0 Å². The number of anilines is 1. The summed E-state index contributed by atoms with van der Waals surface area (Å²) < 4.78 is 13.4. The Morgan fingerprint density at radius 2 is 1.79 bits per heavy atom. The van der Waals surface area contributed by atoms with Gasteiger partial charge in [0.2, 0.25) is 0 Å². The number of halogens is 1. The third kappa shape index (κ3) is 4.71. The van der Waals surface area contributed by atoms with Gasteiger partial charge in [-0.1, -0.05) is 18.2 Å². The van der Waals surface area contributed by atoms with E-state index in [0.29, 0.717) is 11.8 Å². The van der Waals surface area contributed by atoms with Gasteiger partial charge in [-0.3, -0.25) is 0 Å². The van der Waals surface area contributed by atoms with Gasteiger partial charge in [0.25, 0.3) is 5.96 Å². The minimum Gasteiger partial charge on any atom is -0.380 e. The van der Waals surface area contributed by atoms with Crippen molar-refractivity contribution in [1.82, 2.24) is 5.06 Å². The lowest BCUT2D eigenvalue weighted by Crippen LogP contribution is -2.28. The highest BCUT2D eigenvalue weighted by molar-refractivity contribution is 6.14. The molecular weight excluding hydrogens is 367 g/mol. The van der Waals surface area contributed by atoms with Crippen LogP contribution in [0.5, 0.6) is 0 Å². The fourth-order valence-corrected chi connectivity index (χ4v) is 3.03. The summed E-state index contributed by atoms with van der Waals surface area (Å²) in [6, 6.07) is 12.6. The van der Waals surface area contributed by atoms with Crippen molar-refractivity contribution >= 4 is 17.5 Å². The highest BCUT2D eigenvalue weighted by atomic mass is 19.1. The molecule has 0 radical (unpaired) electrons. The first kappa shape index (κ1) is 18.9. The van der Waals surface area contributed by atoms with E-state index in [4.69, 9.17) is 14.8 Å². The second kappa shape index (κ2) is 8.31. The van der Waals surface area contributed by atoms with Gasteiger partial charge in [0.1, 0.15) is 17.9 Å². The molecule has 148 valence electrons. The van der Waals surface area contributed by atoms with Crippen molar-refractivity contribution in [2.45, 2.75) is 32.7 Å². The molecule has 0 unspecified atom stereocenters. The summed E-state index contributed by atoms with van der Waals surface area (Å²) in [6.45, 7) is 4.09. The number of guanidine groups is 1. The van der Waals surface area contributed by atoms with Crippen molar-refractivity contribution < 1.29 is 9.23 Å². The quantitative estimate of drug-likeness (QED) is 0.586. The fourth-order valence-electron chi connectivity index (χ4n) is 3.03. The molecule has 0 atom stereocenters. The highest BCUT2D eigenvalue weighted by Gasteiger charge is 2.24. The number of amidine groups is 1. The molecule has 6 heteroatoms. The molecular formula is C23H23FN4O. The Hall–Kier alpha value is -3.41. The average molecular weight is 390 g/mol. The van der Waals surface area contributed by atoms with E-state index in [1.165, 1.54) is 12.1 Å². The van der Waals surface area contributed by atoms with E-state index in [9.17, 15) is 4.39 Å². The van der Waals surface area contributed by atoms with Gasteiger partial charge in [0.15, 0.2) is 0 Å². The molecule has 29 heavy (non-hydrogen) atoms. The van der Waals surface area contributed by atoms with Gasteiger partial charge in [-0.05, 0) is 74.2 Å². The van der Waals surface area contributed by atoms with E-state index in [2.05, 4.69) is 5.32 Å². The molecule has 0 spiro atoms. The van der Waals surface area contributed by atoms with E-state index < -0.39 is 0 Å².